The largest absolute Gasteiger partial charge is 0.494 e. The predicted molar refractivity (Wildman–Crippen MR) is 96.0 cm³/mol. The molecule has 2 aromatic carbocycles. The summed E-state index contributed by atoms with van der Waals surface area (Å²) >= 11 is 0. The van der Waals surface area contributed by atoms with E-state index in [0.717, 1.165) is 10.6 Å². The summed E-state index contributed by atoms with van der Waals surface area (Å²) in [6.45, 7) is 1.27. The highest BCUT2D eigenvalue weighted by Gasteiger charge is 2.26. The Bertz CT molecular complexity index is 1070. The van der Waals surface area contributed by atoms with Gasteiger partial charge in [-0.1, -0.05) is 18.2 Å². The topological polar surface area (TPSA) is 114 Å². The van der Waals surface area contributed by atoms with Crippen LogP contribution < -0.4 is 5.32 Å². The molecule has 0 spiro atoms. The fourth-order valence-corrected chi connectivity index (χ4v) is 2.95. The molecular formula is C18H15N3O5. The summed E-state index contributed by atoms with van der Waals surface area (Å²) in [6.07, 6.45) is 0. The van der Waals surface area contributed by atoms with Crippen molar-refractivity contribution < 1.29 is 19.6 Å². The van der Waals surface area contributed by atoms with E-state index in [1.165, 1.54) is 26.1 Å². The number of nitrogens with one attached hydrogen (secondary N) is 1. The van der Waals surface area contributed by atoms with Gasteiger partial charge in [-0.15, -0.1) is 0 Å². The number of aromatic hydroxyl groups is 1. The van der Waals surface area contributed by atoms with Gasteiger partial charge in [0.05, 0.1) is 16.0 Å². The van der Waals surface area contributed by atoms with Crippen molar-refractivity contribution in [1.29, 1.82) is 0 Å². The molecule has 0 aliphatic carbocycles. The SMILES string of the molecule is CNc1ccc(C(=O)c2c(O)n(C(C)=O)c3ccccc23)cc1[N+](=O)[O-]. The Kier molecular flexibility index (Phi) is 4.17. The second kappa shape index (κ2) is 6.32. The van der Waals surface area contributed by atoms with Crippen LogP contribution in [0.4, 0.5) is 11.4 Å². The van der Waals surface area contributed by atoms with Gasteiger partial charge in [-0.25, -0.2) is 0 Å². The molecule has 8 nitrogen and oxygen atoms in total. The lowest BCUT2D eigenvalue weighted by molar-refractivity contribution is -0.384. The van der Waals surface area contributed by atoms with Crippen molar-refractivity contribution in [1.82, 2.24) is 4.57 Å². The predicted octanol–water partition coefficient (Wildman–Crippen LogP) is 3.19. The molecule has 0 saturated heterocycles. The highest BCUT2D eigenvalue weighted by molar-refractivity contribution is 6.20. The van der Waals surface area contributed by atoms with Gasteiger partial charge in [-0.05, 0) is 18.2 Å². The maximum Gasteiger partial charge on any atom is 0.293 e. The Morgan fingerprint density at radius 3 is 2.50 bits per heavy atom. The van der Waals surface area contributed by atoms with Gasteiger partial charge in [0.2, 0.25) is 11.8 Å². The summed E-state index contributed by atoms with van der Waals surface area (Å²) in [5.41, 5.74) is 0.372. The summed E-state index contributed by atoms with van der Waals surface area (Å²) in [5, 5.41) is 24.8. The van der Waals surface area contributed by atoms with Gasteiger partial charge in [0.25, 0.3) is 5.69 Å². The van der Waals surface area contributed by atoms with Crippen LogP contribution in [-0.4, -0.2) is 33.3 Å². The Labute approximate surface area is 147 Å². The molecule has 0 aliphatic rings. The third-order valence-electron chi connectivity index (χ3n) is 4.12. The van der Waals surface area contributed by atoms with Gasteiger partial charge in [0.1, 0.15) is 5.69 Å². The van der Waals surface area contributed by atoms with Gasteiger partial charge in [0, 0.05) is 31.0 Å². The summed E-state index contributed by atoms with van der Waals surface area (Å²) in [7, 11) is 1.54. The quantitative estimate of drug-likeness (QED) is 0.423. The lowest BCUT2D eigenvalue weighted by Crippen LogP contribution is -2.06. The lowest BCUT2D eigenvalue weighted by atomic mass is 10.0. The van der Waals surface area contributed by atoms with Crippen LogP contribution in [0.15, 0.2) is 42.5 Å². The summed E-state index contributed by atoms with van der Waals surface area (Å²) in [4.78, 5) is 35.5. The number of para-hydroxylation sites is 1. The number of nitro benzene ring substituents is 1. The number of aromatic nitrogens is 1. The first-order valence-corrected chi connectivity index (χ1v) is 7.71. The molecule has 0 atom stereocenters. The van der Waals surface area contributed by atoms with E-state index in [2.05, 4.69) is 5.32 Å². The molecule has 132 valence electrons. The number of hydrogen-bond donors (Lipinski definition) is 2. The zero-order valence-corrected chi connectivity index (χ0v) is 14.0. The van der Waals surface area contributed by atoms with Crippen molar-refractivity contribution in [3.63, 3.8) is 0 Å². The second-order valence-electron chi connectivity index (χ2n) is 5.64. The van der Waals surface area contributed by atoms with Crippen LogP contribution in [0.3, 0.4) is 0 Å². The average molecular weight is 353 g/mol. The summed E-state index contributed by atoms with van der Waals surface area (Å²) < 4.78 is 1.04. The molecule has 0 fully saturated rings. The molecule has 0 aliphatic heterocycles. The minimum absolute atomic E-state index is 0.0393. The van der Waals surface area contributed by atoms with Crippen LogP contribution in [0.1, 0.15) is 27.6 Å². The van der Waals surface area contributed by atoms with Gasteiger partial charge >= 0.3 is 0 Å². The van der Waals surface area contributed by atoms with E-state index in [1.807, 2.05) is 0 Å². The number of carbonyl (C=O) groups is 2. The molecule has 0 bridgehead atoms. The first kappa shape index (κ1) is 17.2. The maximum atomic E-state index is 13.0. The van der Waals surface area contributed by atoms with Crippen LogP contribution in [0, 0.1) is 10.1 Å². The lowest BCUT2D eigenvalue weighted by Gasteiger charge is -2.05. The summed E-state index contributed by atoms with van der Waals surface area (Å²) in [6, 6.07) is 10.6. The molecule has 0 unspecified atom stereocenters. The normalized spacial score (nSPS) is 10.7. The van der Waals surface area contributed by atoms with Crippen LogP contribution in [-0.2, 0) is 0 Å². The van der Waals surface area contributed by atoms with Crippen LogP contribution in [0.5, 0.6) is 5.88 Å². The number of benzene rings is 2. The molecule has 8 heteroatoms. The van der Waals surface area contributed by atoms with Crippen LogP contribution in [0.2, 0.25) is 0 Å². The molecule has 0 radical (unpaired) electrons. The number of carbonyl (C=O) groups excluding carboxylic acids is 2. The van der Waals surface area contributed by atoms with E-state index < -0.39 is 22.5 Å². The van der Waals surface area contributed by atoms with E-state index in [9.17, 15) is 24.8 Å². The average Bonchev–Trinajstić information content (AvgIpc) is 2.92. The molecule has 3 rings (SSSR count). The molecule has 0 saturated carbocycles. The molecule has 1 aromatic heterocycles. The van der Waals surface area contributed by atoms with Crippen molar-refractivity contribution in [3.05, 3.63) is 63.7 Å². The Morgan fingerprint density at radius 2 is 1.88 bits per heavy atom. The van der Waals surface area contributed by atoms with Crippen molar-refractivity contribution in [2.24, 2.45) is 0 Å². The number of nitro groups is 1. The van der Waals surface area contributed by atoms with Gasteiger partial charge in [-0.3, -0.25) is 24.3 Å². The smallest absolute Gasteiger partial charge is 0.293 e. The summed E-state index contributed by atoms with van der Waals surface area (Å²) in [5.74, 6) is -1.54. The first-order valence-electron chi connectivity index (χ1n) is 7.71. The number of nitrogens with zero attached hydrogens (tertiary/aromatic N) is 2. The molecule has 1 heterocycles. The van der Waals surface area contributed by atoms with E-state index >= 15 is 0 Å². The van der Waals surface area contributed by atoms with Crippen LogP contribution >= 0.6 is 0 Å². The molecule has 3 aromatic rings. The van der Waals surface area contributed by atoms with E-state index in [4.69, 9.17) is 0 Å². The van der Waals surface area contributed by atoms with E-state index in [0.29, 0.717) is 10.9 Å². The maximum absolute atomic E-state index is 13.0. The molecule has 26 heavy (non-hydrogen) atoms. The first-order chi connectivity index (χ1) is 12.4. The Morgan fingerprint density at radius 1 is 1.19 bits per heavy atom. The van der Waals surface area contributed by atoms with Crippen molar-refractivity contribution >= 4 is 34.0 Å². The molecule has 2 N–H and O–H groups in total. The standard InChI is InChI=1S/C18H15N3O5/c1-10(22)20-14-6-4-3-5-12(14)16(18(20)24)17(23)11-7-8-13(19-2)15(9-11)21(25)26/h3-9,19,24H,1-2H3. The van der Waals surface area contributed by atoms with Crippen molar-refractivity contribution in [3.8, 4) is 5.88 Å². The zero-order chi connectivity index (χ0) is 19.0. The van der Waals surface area contributed by atoms with Gasteiger partial charge in [-0.2, -0.15) is 0 Å². The third kappa shape index (κ3) is 2.57. The highest BCUT2D eigenvalue weighted by atomic mass is 16.6. The Balaban J connectivity index is 2.24. The minimum Gasteiger partial charge on any atom is -0.494 e. The second-order valence-corrected chi connectivity index (χ2v) is 5.64. The third-order valence-corrected chi connectivity index (χ3v) is 4.12. The van der Waals surface area contributed by atoms with Gasteiger partial charge < -0.3 is 10.4 Å². The number of ketones is 1. The number of anilines is 1. The molecule has 0 amide bonds. The fourth-order valence-electron chi connectivity index (χ4n) is 2.95. The fraction of sp³-hybridized carbons (Fsp3) is 0.111. The van der Waals surface area contributed by atoms with Gasteiger partial charge in [0.15, 0.2) is 5.78 Å². The highest BCUT2D eigenvalue weighted by Crippen LogP contribution is 2.34. The van der Waals surface area contributed by atoms with Crippen molar-refractivity contribution in [2.45, 2.75) is 6.92 Å². The van der Waals surface area contributed by atoms with E-state index in [-0.39, 0.29) is 22.5 Å². The number of rotatable bonds is 4. The van der Waals surface area contributed by atoms with Crippen molar-refractivity contribution in [2.75, 3.05) is 12.4 Å². The monoisotopic (exact) mass is 353 g/mol. The number of fused-ring (bicyclic) bond motifs is 1. The minimum atomic E-state index is -0.607. The number of hydrogen-bond acceptors (Lipinski definition) is 6. The molecular weight excluding hydrogens is 338 g/mol. The zero-order valence-electron chi connectivity index (χ0n) is 14.0. The van der Waals surface area contributed by atoms with Crippen LogP contribution in [0.25, 0.3) is 10.9 Å². The Hall–Kier alpha value is -3.68. The van der Waals surface area contributed by atoms with E-state index in [1.54, 1.807) is 24.3 Å².